The zero-order chi connectivity index (χ0) is 26.5. The van der Waals surface area contributed by atoms with Gasteiger partial charge in [-0.05, 0) is 48.5 Å². The number of morpholine rings is 1. The summed E-state index contributed by atoms with van der Waals surface area (Å²) >= 11 is 0. The first-order valence-corrected chi connectivity index (χ1v) is 12.5. The minimum absolute atomic E-state index is 0.164. The van der Waals surface area contributed by atoms with Gasteiger partial charge in [-0.2, -0.15) is 0 Å². The molecule has 0 unspecified atom stereocenters. The fourth-order valence-electron chi connectivity index (χ4n) is 4.58. The molecule has 2 N–H and O–H groups in total. The monoisotopic (exact) mass is 518 g/mol. The van der Waals surface area contributed by atoms with Crippen molar-refractivity contribution in [3.63, 3.8) is 0 Å². The number of benzene rings is 3. The molecular formula is C29H28F2N4O3. The number of nitrogens with one attached hydrogen (secondary N) is 2. The third-order valence-corrected chi connectivity index (χ3v) is 6.58. The molecule has 1 fully saturated rings. The third kappa shape index (κ3) is 5.90. The number of fused-ring (bicyclic) bond motifs is 1. The van der Waals surface area contributed by atoms with Gasteiger partial charge in [0.25, 0.3) is 11.8 Å². The Balaban J connectivity index is 1.40. The van der Waals surface area contributed by atoms with E-state index in [9.17, 15) is 18.4 Å². The summed E-state index contributed by atoms with van der Waals surface area (Å²) in [6.07, 6.45) is 0. The van der Waals surface area contributed by atoms with Crippen molar-refractivity contribution in [3.8, 4) is 0 Å². The maximum atomic E-state index is 14.5. The highest BCUT2D eigenvalue weighted by molar-refractivity contribution is 6.06. The number of amides is 2. The van der Waals surface area contributed by atoms with Crippen molar-refractivity contribution in [1.82, 2.24) is 14.8 Å². The second-order valence-electron chi connectivity index (χ2n) is 9.16. The number of nitrogens with zero attached hydrogens (tertiary/aromatic N) is 2. The van der Waals surface area contributed by atoms with Crippen LogP contribution in [0.5, 0.6) is 0 Å². The van der Waals surface area contributed by atoms with Gasteiger partial charge < -0.3 is 19.9 Å². The van der Waals surface area contributed by atoms with Crippen LogP contribution in [0.2, 0.25) is 0 Å². The van der Waals surface area contributed by atoms with E-state index in [0.717, 1.165) is 24.7 Å². The number of hydrogen-bond acceptors (Lipinski definition) is 4. The predicted octanol–water partition coefficient (Wildman–Crippen LogP) is 4.28. The van der Waals surface area contributed by atoms with Crippen LogP contribution in [0.4, 0.5) is 14.5 Å². The first-order chi connectivity index (χ1) is 18.5. The van der Waals surface area contributed by atoms with E-state index < -0.39 is 11.7 Å². The molecule has 0 saturated carbocycles. The molecule has 196 valence electrons. The number of anilines is 1. The lowest BCUT2D eigenvalue weighted by Gasteiger charge is -2.26. The third-order valence-electron chi connectivity index (χ3n) is 6.58. The largest absolute Gasteiger partial charge is 0.379 e. The minimum atomic E-state index is -0.498. The first-order valence-electron chi connectivity index (χ1n) is 12.5. The Hall–Kier alpha value is -4.08. The van der Waals surface area contributed by atoms with Gasteiger partial charge in [0, 0.05) is 53.9 Å². The van der Waals surface area contributed by atoms with Crippen molar-refractivity contribution in [3.05, 3.63) is 101 Å². The quantitative estimate of drug-likeness (QED) is 0.365. The number of aromatic nitrogens is 1. The highest BCUT2D eigenvalue weighted by Gasteiger charge is 2.19. The number of carbonyl (C=O) groups is 2. The zero-order valence-corrected chi connectivity index (χ0v) is 20.8. The molecule has 0 atom stereocenters. The van der Waals surface area contributed by atoms with E-state index in [4.69, 9.17) is 4.74 Å². The molecule has 38 heavy (non-hydrogen) atoms. The molecule has 0 bridgehead atoms. The van der Waals surface area contributed by atoms with Gasteiger partial charge in [-0.25, -0.2) is 8.78 Å². The van der Waals surface area contributed by atoms with E-state index in [1.54, 1.807) is 47.0 Å². The summed E-state index contributed by atoms with van der Waals surface area (Å²) in [7, 11) is 0. The van der Waals surface area contributed by atoms with Gasteiger partial charge in [0.15, 0.2) is 0 Å². The average molecular weight is 519 g/mol. The molecule has 0 radical (unpaired) electrons. The fraction of sp³-hybridized carbons (Fsp3) is 0.241. The molecule has 1 aromatic heterocycles. The van der Waals surface area contributed by atoms with E-state index in [1.807, 2.05) is 0 Å². The van der Waals surface area contributed by atoms with Crippen molar-refractivity contribution in [2.24, 2.45) is 0 Å². The van der Waals surface area contributed by atoms with Crippen molar-refractivity contribution in [2.45, 2.75) is 6.54 Å². The molecule has 4 aromatic rings. The Kier molecular flexibility index (Phi) is 7.76. The molecular weight excluding hydrogens is 490 g/mol. The molecule has 0 spiro atoms. The van der Waals surface area contributed by atoms with E-state index in [-0.39, 0.29) is 23.8 Å². The molecule has 9 heteroatoms. The zero-order valence-electron chi connectivity index (χ0n) is 20.8. The maximum absolute atomic E-state index is 14.5. The van der Waals surface area contributed by atoms with E-state index in [1.165, 1.54) is 24.3 Å². The smallest absolute Gasteiger partial charge is 0.267 e. The molecule has 1 saturated heterocycles. The standard InChI is InChI=1S/C29H28F2N4O3/c30-23-6-3-5-20(16-23)28(36)33-24-8-9-26-22(17-24)18-27(35(26)19-21-4-1-2-7-25(21)31)29(37)32-10-11-34-12-14-38-15-13-34/h1-9,16-18H,10-15,19H2,(H,32,37)(H,33,36). The molecule has 7 nitrogen and oxygen atoms in total. The van der Waals surface area contributed by atoms with Gasteiger partial charge >= 0.3 is 0 Å². The van der Waals surface area contributed by atoms with Crippen molar-refractivity contribution in [2.75, 3.05) is 44.7 Å². The normalized spacial score (nSPS) is 13.9. The van der Waals surface area contributed by atoms with Crippen LogP contribution in [0.1, 0.15) is 26.4 Å². The van der Waals surface area contributed by atoms with Gasteiger partial charge in [0.2, 0.25) is 0 Å². The Labute approximate surface area is 219 Å². The van der Waals surface area contributed by atoms with Crippen molar-refractivity contribution in [1.29, 1.82) is 0 Å². The summed E-state index contributed by atoms with van der Waals surface area (Å²) in [5, 5.41) is 6.46. The maximum Gasteiger partial charge on any atom is 0.267 e. The molecule has 2 amide bonds. The number of halogens is 2. The Morgan fingerprint density at radius 2 is 1.71 bits per heavy atom. The van der Waals surface area contributed by atoms with E-state index in [0.29, 0.717) is 48.6 Å². The van der Waals surface area contributed by atoms with E-state index in [2.05, 4.69) is 15.5 Å². The first kappa shape index (κ1) is 25.6. The summed E-state index contributed by atoms with van der Waals surface area (Å²) in [5.74, 6) is -1.57. The summed E-state index contributed by atoms with van der Waals surface area (Å²) in [4.78, 5) is 28.1. The van der Waals surface area contributed by atoms with Gasteiger partial charge in [0.1, 0.15) is 17.3 Å². The second kappa shape index (κ2) is 11.5. The molecule has 2 heterocycles. The Bertz CT molecular complexity index is 1460. The van der Waals surface area contributed by atoms with Crippen LogP contribution in [0.15, 0.2) is 72.8 Å². The van der Waals surface area contributed by atoms with Gasteiger partial charge in [-0.15, -0.1) is 0 Å². The van der Waals surface area contributed by atoms with Crippen LogP contribution < -0.4 is 10.6 Å². The van der Waals surface area contributed by atoms with Crippen molar-refractivity contribution >= 4 is 28.4 Å². The number of carbonyl (C=O) groups excluding carboxylic acids is 2. The number of ether oxygens (including phenoxy) is 1. The molecule has 0 aliphatic carbocycles. The van der Waals surface area contributed by atoms with Crippen LogP contribution in [-0.2, 0) is 11.3 Å². The van der Waals surface area contributed by atoms with Gasteiger partial charge in [0.05, 0.1) is 19.8 Å². The summed E-state index contributed by atoms with van der Waals surface area (Å²) < 4.78 is 35.2. The molecule has 5 rings (SSSR count). The number of rotatable bonds is 8. The summed E-state index contributed by atoms with van der Waals surface area (Å²) in [6.45, 7) is 4.36. The highest BCUT2D eigenvalue weighted by Crippen LogP contribution is 2.26. The summed E-state index contributed by atoms with van der Waals surface area (Å²) in [5.41, 5.74) is 2.25. The topological polar surface area (TPSA) is 75.6 Å². The predicted molar refractivity (Wildman–Crippen MR) is 141 cm³/mol. The van der Waals surface area contributed by atoms with Crippen LogP contribution >= 0.6 is 0 Å². The second-order valence-corrected chi connectivity index (χ2v) is 9.16. The minimum Gasteiger partial charge on any atom is -0.379 e. The van der Waals surface area contributed by atoms with Gasteiger partial charge in [-0.1, -0.05) is 24.3 Å². The molecule has 3 aromatic carbocycles. The lowest BCUT2D eigenvalue weighted by Crippen LogP contribution is -2.41. The molecule has 1 aliphatic rings. The fourth-order valence-corrected chi connectivity index (χ4v) is 4.58. The van der Waals surface area contributed by atoms with Crippen LogP contribution in [-0.4, -0.2) is 60.7 Å². The van der Waals surface area contributed by atoms with Crippen LogP contribution in [0.3, 0.4) is 0 Å². The van der Waals surface area contributed by atoms with E-state index >= 15 is 0 Å². The van der Waals surface area contributed by atoms with Crippen molar-refractivity contribution < 1.29 is 23.1 Å². The average Bonchev–Trinajstić information content (AvgIpc) is 3.28. The lowest BCUT2D eigenvalue weighted by molar-refractivity contribution is 0.0383. The van der Waals surface area contributed by atoms with Gasteiger partial charge in [-0.3, -0.25) is 14.5 Å². The SMILES string of the molecule is O=C(Nc1ccc2c(c1)cc(C(=O)NCCN1CCOCC1)n2Cc1ccccc1F)c1cccc(F)c1. The lowest BCUT2D eigenvalue weighted by atomic mass is 10.2. The Morgan fingerprint density at radius 1 is 0.895 bits per heavy atom. The highest BCUT2D eigenvalue weighted by atomic mass is 19.1. The van der Waals surface area contributed by atoms with Crippen LogP contribution in [0, 0.1) is 11.6 Å². The van der Waals surface area contributed by atoms with Crippen LogP contribution in [0.25, 0.3) is 10.9 Å². The number of hydrogen-bond donors (Lipinski definition) is 2. The summed E-state index contributed by atoms with van der Waals surface area (Å²) in [6, 6.07) is 18.9. The Morgan fingerprint density at radius 3 is 2.50 bits per heavy atom. The molecule has 1 aliphatic heterocycles.